The van der Waals surface area contributed by atoms with Gasteiger partial charge >= 0.3 is 0 Å². The standard InChI is InChI=1S/C23H22N2O4/c1-28-19-10-5-9-18(14-19)25-15-17(13-21(25)26)23(27)24-22(20-11-6-12-29-20)16-7-3-2-4-8-16/h2-12,14,17,22H,13,15H2,1H3,(H,24,27). The molecule has 1 aromatic heterocycles. The molecule has 6 nitrogen and oxygen atoms in total. The molecule has 1 aliphatic rings. The van der Waals surface area contributed by atoms with Crippen molar-refractivity contribution in [2.45, 2.75) is 12.5 Å². The molecule has 3 aromatic rings. The Kier molecular flexibility index (Phi) is 5.33. The van der Waals surface area contributed by atoms with E-state index in [1.54, 1.807) is 30.4 Å². The van der Waals surface area contributed by atoms with Crippen LogP contribution in [0.15, 0.2) is 77.4 Å². The Hall–Kier alpha value is -3.54. The Morgan fingerprint density at radius 2 is 1.97 bits per heavy atom. The summed E-state index contributed by atoms with van der Waals surface area (Å²) in [7, 11) is 1.58. The molecule has 2 heterocycles. The van der Waals surface area contributed by atoms with Gasteiger partial charge in [0.25, 0.3) is 0 Å². The van der Waals surface area contributed by atoms with Gasteiger partial charge in [-0.15, -0.1) is 0 Å². The lowest BCUT2D eigenvalue weighted by Gasteiger charge is -2.20. The van der Waals surface area contributed by atoms with Crippen molar-refractivity contribution in [1.29, 1.82) is 0 Å². The summed E-state index contributed by atoms with van der Waals surface area (Å²) < 4.78 is 10.8. The van der Waals surface area contributed by atoms with E-state index >= 15 is 0 Å². The van der Waals surface area contributed by atoms with Crippen molar-refractivity contribution < 1.29 is 18.7 Å². The second-order valence-corrected chi connectivity index (χ2v) is 6.97. The second-order valence-electron chi connectivity index (χ2n) is 6.97. The fourth-order valence-corrected chi connectivity index (χ4v) is 3.59. The molecule has 1 saturated heterocycles. The Morgan fingerprint density at radius 3 is 2.69 bits per heavy atom. The fraction of sp³-hybridized carbons (Fsp3) is 0.217. The number of furan rings is 1. The van der Waals surface area contributed by atoms with Gasteiger partial charge in [0, 0.05) is 24.7 Å². The molecule has 4 rings (SSSR count). The average molecular weight is 390 g/mol. The van der Waals surface area contributed by atoms with E-state index in [1.807, 2.05) is 54.6 Å². The molecule has 0 radical (unpaired) electrons. The number of nitrogens with zero attached hydrogens (tertiary/aromatic N) is 1. The number of carbonyl (C=O) groups excluding carboxylic acids is 2. The Balaban J connectivity index is 1.51. The van der Waals surface area contributed by atoms with E-state index in [0.717, 1.165) is 11.3 Å². The van der Waals surface area contributed by atoms with Crippen LogP contribution in [0.2, 0.25) is 0 Å². The number of carbonyl (C=O) groups is 2. The highest BCUT2D eigenvalue weighted by Crippen LogP contribution is 2.29. The summed E-state index contributed by atoms with van der Waals surface area (Å²) in [6.07, 6.45) is 1.75. The van der Waals surface area contributed by atoms with Gasteiger partial charge in [-0.2, -0.15) is 0 Å². The monoisotopic (exact) mass is 390 g/mol. The summed E-state index contributed by atoms with van der Waals surface area (Å²) >= 11 is 0. The molecule has 2 aromatic carbocycles. The van der Waals surface area contributed by atoms with Gasteiger partial charge in [-0.25, -0.2) is 0 Å². The normalized spacial score (nSPS) is 17.2. The summed E-state index contributed by atoms with van der Waals surface area (Å²) in [6, 6.07) is 20.2. The highest BCUT2D eigenvalue weighted by Gasteiger charge is 2.36. The van der Waals surface area contributed by atoms with Gasteiger partial charge in [-0.05, 0) is 29.8 Å². The Labute approximate surface area is 169 Å². The van der Waals surface area contributed by atoms with Crippen LogP contribution in [0.3, 0.4) is 0 Å². The molecule has 0 aliphatic carbocycles. The van der Waals surface area contributed by atoms with Crippen molar-refractivity contribution in [3.63, 3.8) is 0 Å². The third-order valence-electron chi connectivity index (χ3n) is 5.11. The van der Waals surface area contributed by atoms with E-state index in [0.29, 0.717) is 18.1 Å². The van der Waals surface area contributed by atoms with Crippen molar-refractivity contribution in [2.24, 2.45) is 5.92 Å². The number of anilines is 1. The van der Waals surface area contributed by atoms with E-state index in [-0.39, 0.29) is 18.2 Å². The highest BCUT2D eigenvalue weighted by molar-refractivity contribution is 6.00. The van der Waals surface area contributed by atoms with Gasteiger partial charge in [0.15, 0.2) is 0 Å². The first-order valence-electron chi connectivity index (χ1n) is 9.49. The third-order valence-corrected chi connectivity index (χ3v) is 5.11. The van der Waals surface area contributed by atoms with Crippen molar-refractivity contribution >= 4 is 17.5 Å². The van der Waals surface area contributed by atoms with Crippen molar-refractivity contribution in [3.05, 3.63) is 84.3 Å². The first kappa shape index (κ1) is 18.8. The largest absolute Gasteiger partial charge is 0.497 e. The maximum atomic E-state index is 13.0. The number of hydrogen-bond donors (Lipinski definition) is 1. The second kappa shape index (κ2) is 8.22. The van der Waals surface area contributed by atoms with Crippen molar-refractivity contribution in [2.75, 3.05) is 18.6 Å². The predicted molar refractivity (Wildman–Crippen MR) is 109 cm³/mol. The number of methoxy groups -OCH3 is 1. The minimum absolute atomic E-state index is 0.0762. The van der Waals surface area contributed by atoms with E-state index in [4.69, 9.17) is 9.15 Å². The maximum Gasteiger partial charge on any atom is 0.227 e. The molecule has 2 atom stereocenters. The lowest BCUT2D eigenvalue weighted by molar-refractivity contribution is -0.126. The fourth-order valence-electron chi connectivity index (χ4n) is 3.59. The summed E-state index contributed by atoms with van der Waals surface area (Å²) in [4.78, 5) is 27.2. The molecule has 1 aliphatic heterocycles. The van der Waals surface area contributed by atoms with Crippen LogP contribution >= 0.6 is 0 Å². The number of hydrogen-bond acceptors (Lipinski definition) is 4. The summed E-state index contributed by atoms with van der Waals surface area (Å²) in [6.45, 7) is 0.331. The van der Waals surface area contributed by atoms with Gasteiger partial charge in [-0.3, -0.25) is 9.59 Å². The van der Waals surface area contributed by atoms with Gasteiger partial charge in [0.2, 0.25) is 11.8 Å². The topological polar surface area (TPSA) is 71.8 Å². The summed E-state index contributed by atoms with van der Waals surface area (Å²) in [5, 5.41) is 3.06. The number of amides is 2. The minimum atomic E-state index is -0.435. The SMILES string of the molecule is COc1cccc(N2CC(C(=O)NC(c3ccccc3)c3ccco3)CC2=O)c1. The number of benzene rings is 2. The number of ether oxygens (including phenoxy) is 1. The number of nitrogens with one attached hydrogen (secondary N) is 1. The van der Waals surface area contributed by atoms with Gasteiger partial charge in [-0.1, -0.05) is 36.4 Å². The number of rotatable bonds is 6. The van der Waals surface area contributed by atoms with Gasteiger partial charge in [0.05, 0.1) is 19.3 Å². The van der Waals surface area contributed by atoms with E-state index in [9.17, 15) is 9.59 Å². The predicted octanol–water partition coefficient (Wildman–Crippen LogP) is 3.55. The van der Waals surface area contributed by atoms with Crippen LogP contribution in [-0.4, -0.2) is 25.5 Å². The molecule has 148 valence electrons. The highest BCUT2D eigenvalue weighted by atomic mass is 16.5. The van der Waals surface area contributed by atoms with Crippen LogP contribution < -0.4 is 15.0 Å². The zero-order valence-corrected chi connectivity index (χ0v) is 16.1. The molecule has 0 bridgehead atoms. The zero-order valence-electron chi connectivity index (χ0n) is 16.1. The van der Waals surface area contributed by atoms with Crippen LogP contribution in [0.25, 0.3) is 0 Å². The molecule has 2 amide bonds. The maximum absolute atomic E-state index is 13.0. The molecular weight excluding hydrogens is 368 g/mol. The third kappa shape index (κ3) is 4.01. The summed E-state index contributed by atoms with van der Waals surface area (Å²) in [5.74, 6) is 0.639. The summed E-state index contributed by atoms with van der Waals surface area (Å²) in [5.41, 5.74) is 1.65. The molecule has 6 heteroatoms. The Morgan fingerprint density at radius 1 is 1.14 bits per heavy atom. The van der Waals surface area contributed by atoms with Crippen LogP contribution in [0.4, 0.5) is 5.69 Å². The molecule has 0 saturated carbocycles. The van der Waals surface area contributed by atoms with Crippen LogP contribution in [0.5, 0.6) is 5.75 Å². The zero-order chi connectivity index (χ0) is 20.2. The molecule has 0 spiro atoms. The first-order valence-corrected chi connectivity index (χ1v) is 9.49. The van der Waals surface area contributed by atoms with E-state index < -0.39 is 12.0 Å². The molecule has 1 fully saturated rings. The molecule has 2 unspecified atom stereocenters. The lowest BCUT2D eigenvalue weighted by atomic mass is 10.0. The molecule has 1 N–H and O–H groups in total. The van der Waals surface area contributed by atoms with Crippen LogP contribution in [0, 0.1) is 5.92 Å². The average Bonchev–Trinajstić information content (AvgIpc) is 3.42. The van der Waals surface area contributed by atoms with Gasteiger partial charge < -0.3 is 19.4 Å². The molecular formula is C23H22N2O4. The van der Waals surface area contributed by atoms with E-state index in [1.165, 1.54) is 0 Å². The van der Waals surface area contributed by atoms with Crippen LogP contribution in [-0.2, 0) is 9.59 Å². The van der Waals surface area contributed by atoms with Gasteiger partial charge in [0.1, 0.15) is 17.6 Å². The van der Waals surface area contributed by atoms with Crippen molar-refractivity contribution in [1.82, 2.24) is 5.32 Å². The smallest absolute Gasteiger partial charge is 0.227 e. The quantitative estimate of drug-likeness (QED) is 0.699. The minimum Gasteiger partial charge on any atom is -0.497 e. The Bertz CT molecular complexity index is 985. The van der Waals surface area contributed by atoms with Crippen molar-refractivity contribution in [3.8, 4) is 5.75 Å². The van der Waals surface area contributed by atoms with E-state index in [2.05, 4.69) is 5.32 Å². The lowest BCUT2D eigenvalue weighted by Crippen LogP contribution is -2.36. The van der Waals surface area contributed by atoms with Crippen LogP contribution in [0.1, 0.15) is 23.8 Å². The first-order chi connectivity index (χ1) is 14.2. The molecule has 29 heavy (non-hydrogen) atoms.